The quantitative estimate of drug-likeness (QED) is 0.0195. The Labute approximate surface area is 441 Å². The molecule has 0 aromatic carbocycles. The molecule has 2 atom stereocenters. The Bertz CT molecular complexity index is 1630. The number of hydrogen-bond acceptors (Lipinski definition) is 8. The standard InChI is InChI=1S/C62H104NO8P/c1-6-8-10-12-14-16-18-20-21-22-23-24-25-26-27-28-29-30-31-32-33-34-35-36-37-38-39-40-41-43-45-47-49-51-53-55-62(65)71-60(59-70-72(66,67)69-57-56-63(3,4)5)58-68-61(64)54-52-50-48-46-44-42-19-17-15-13-11-9-7-2/h8,10,14,16-17,19-21,23-24,26-27,29-30,32-33,35-36,38-39,60H,6-7,9,11-13,15,18,22,25,28,31,34,37,40-59H2,1-5H3/b10-8-,16-14-,19-17-,21-20-,24-23-,27-26-,30-29-,33-32-,36-35-,39-38-. The van der Waals surface area contributed by atoms with Crippen molar-refractivity contribution in [2.45, 2.75) is 213 Å². The Morgan fingerprint density at radius 3 is 1.19 bits per heavy atom. The number of hydrogen-bond donors (Lipinski definition) is 0. The normalized spacial score (nSPS) is 14.2. The van der Waals surface area contributed by atoms with Crippen molar-refractivity contribution in [2.24, 2.45) is 0 Å². The van der Waals surface area contributed by atoms with Crippen LogP contribution in [0.5, 0.6) is 0 Å². The highest BCUT2D eigenvalue weighted by Crippen LogP contribution is 2.38. The Hall–Kier alpha value is -3.59. The van der Waals surface area contributed by atoms with Crippen LogP contribution in [0, 0.1) is 0 Å². The highest BCUT2D eigenvalue weighted by Gasteiger charge is 2.21. The lowest BCUT2D eigenvalue weighted by molar-refractivity contribution is -0.870. The maximum Gasteiger partial charge on any atom is 0.306 e. The van der Waals surface area contributed by atoms with Crippen LogP contribution in [0.15, 0.2) is 122 Å². The van der Waals surface area contributed by atoms with Gasteiger partial charge in [0.1, 0.15) is 19.8 Å². The van der Waals surface area contributed by atoms with Crippen LogP contribution in [0.2, 0.25) is 0 Å². The first-order valence-electron chi connectivity index (χ1n) is 28.2. The van der Waals surface area contributed by atoms with Gasteiger partial charge in [0.05, 0.1) is 27.7 Å². The fourth-order valence-electron chi connectivity index (χ4n) is 7.11. The van der Waals surface area contributed by atoms with Gasteiger partial charge in [-0.3, -0.25) is 14.2 Å². The molecule has 0 bridgehead atoms. The number of unbranched alkanes of at least 4 members (excludes halogenated alkanes) is 16. The molecule has 0 aliphatic carbocycles. The summed E-state index contributed by atoms with van der Waals surface area (Å²) in [7, 11) is 1.14. The van der Waals surface area contributed by atoms with Gasteiger partial charge in [-0.25, -0.2) is 0 Å². The maximum atomic E-state index is 12.8. The van der Waals surface area contributed by atoms with Crippen molar-refractivity contribution in [1.82, 2.24) is 0 Å². The molecule has 0 saturated carbocycles. The van der Waals surface area contributed by atoms with E-state index in [-0.39, 0.29) is 26.1 Å². The summed E-state index contributed by atoms with van der Waals surface area (Å²) in [4.78, 5) is 37.7. The summed E-state index contributed by atoms with van der Waals surface area (Å²) in [6.45, 7) is 4.06. The van der Waals surface area contributed by atoms with Crippen LogP contribution < -0.4 is 4.89 Å². The number of nitrogens with zero attached hydrogens (tertiary/aromatic N) is 1. The monoisotopic (exact) mass is 1020 g/mol. The van der Waals surface area contributed by atoms with Crippen LogP contribution in [0.4, 0.5) is 0 Å². The van der Waals surface area contributed by atoms with Gasteiger partial charge in [0, 0.05) is 12.8 Å². The zero-order valence-electron chi connectivity index (χ0n) is 46.3. The van der Waals surface area contributed by atoms with Crippen molar-refractivity contribution in [1.29, 1.82) is 0 Å². The van der Waals surface area contributed by atoms with Gasteiger partial charge < -0.3 is 27.9 Å². The zero-order valence-corrected chi connectivity index (χ0v) is 47.2. The molecule has 0 spiro atoms. The van der Waals surface area contributed by atoms with Crippen LogP contribution in [-0.2, 0) is 32.7 Å². The van der Waals surface area contributed by atoms with Crippen LogP contribution in [0.25, 0.3) is 0 Å². The van der Waals surface area contributed by atoms with Gasteiger partial charge in [-0.1, -0.05) is 206 Å². The molecule has 72 heavy (non-hydrogen) atoms. The number of phosphoric acid groups is 1. The van der Waals surface area contributed by atoms with Gasteiger partial charge in [0.2, 0.25) is 0 Å². The van der Waals surface area contributed by atoms with Gasteiger partial charge >= 0.3 is 11.9 Å². The molecule has 0 aliphatic rings. The first-order chi connectivity index (χ1) is 35.0. The number of rotatable bonds is 50. The smallest absolute Gasteiger partial charge is 0.306 e. The van der Waals surface area contributed by atoms with Crippen molar-refractivity contribution in [3.63, 3.8) is 0 Å². The molecule has 0 aromatic heterocycles. The highest BCUT2D eigenvalue weighted by molar-refractivity contribution is 7.45. The lowest BCUT2D eigenvalue weighted by atomic mass is 10.1. The van der Waals surface area contributed by atoms with Crippen LogP contribution in [0.1, 0.15) is 206 Å². The van der Waals surface area contributed by atoms with E-state index in [0.29, 0.717) is 23.9 Å². The maximum absolute atomic E-state index is 12.8. The summed E-state index contributed by atoms with van der Waals surface area (Å²) >= 11 is 0. The zero-order chi connectivity index (χ0) is 52.7. The lowest BCUT2D eigenvalue weighted by Gasteiger charge is -2.28. The molecule has 0 aromatic rings. The minimum absolute atomic E-state index is 0.0405. The number of phosphoric ester groups is 1. The number of likely N-dealkylation sites (N-methyl/N-ethyl adjacent to an activating group) is 1. The predicted molar refractivity (Wildman–Crippen MR) is 305 cm³/mol. The van der Waals surface area contributed by atoms with Gasteiger partial charge in [-0.15, -0.1) is 0 Å². The predicted octanol–water partition coefficient (Wildman–Crippen LogP) is 17.0. The molecule has 0 fully saturated rings. The van der Waals surface area contributed by atoms with Crippen LogP contribution in [-0.4, -0.2) is 70.0 Å². The van der Waals surface area contributed by atoms with Gasteiger partial charge in [0.25, 0.3) is 7.82 Å². The van der Waals surface area contributed by atoms with Gasteiger partial charge in [0.15, 0.2) is 6.10 Å². The van der Waals surface area contributed by atoms with E-state index in [4.69, 9.17) is 18.5 Å². The molecule has 0 rings (SSSR count). The lowest BCUT2D eigenvalue weighted by Crippen LogP contribution is -2.37. The molecule has 0 heterocycles. The minimum Gasteiger partial charge on any atom is -0.756 e. The summed E-state index contributed by atoms with van der Waals surface area (Å²) in [5, 5.41) is 0. The van der Waals surface area contributed by atoms with E-state index in [0.717, 1.165) is 122 Å². The summed E-state index contributed by atoms with van der Waals surface area (Å²) in [6, 6.07) is 0. The first kappa shape index (κ1) is 68.4. The Balaban J connectivity index is 4.18. The summed E-state index contributed by atoms with van der Waals surface area (Å²) in [5.41, 5.74) is 0. The van der Waals surface area contributed by atoms with E-state index >= 15 is 0 Å². The van der Waals surface area contributed by atoms with Crippen molar-refractivity contribution in [3.8, 4) is 0 Å². The molecular weight excluding hydrogens is 918 g/mol. The Morgan fingerprint density at radius 1 is 0.444 bits per heavy atom. The second-order valence-corrected chi connectivity index (χ2v) is 21.0. The summed E-state index contributed by atoms with van der Waals surface area (Å²) in [5.74, 6) is -0.865. The Kier molecular flexibility index (Phi) is 49.7. The molecule has 0 aliphatic heterocycles. The van der Waals surface area contributed by atoms with E-state index in [1.54, 1.807) is 0 Å². The molecule has 0 N–H and O–H groups in total. The van der Waals surface area contributed by atoms with E-state index in [1.165, 1.54) is 44.9 Å². The average Bonchev–Trinajstić information content (AvgIpc) is 3.34. The van der Waals surface area contributed by atoms with Gasteiger partial charge in [-0.2, -0.15) is 0 Å². The Morgan fingerprint density at radius 2 is 0.792 bits per heavy atom. The summed E-state index contributed by atoms with van der Waals surface area (Å²) < 4.78 is 34.0. The molecule has 0 radical (unpaired) electrons. The molecule has 410 valence electrons. The average molecular weight is 1020 g/mol. The largest absolute Gasteiger partial charge is 0.756 e. The molecule has 0 saturated heterocycles. The second-order valence-electron chi connectivity index (χ2n) is 19.6. The van der Waals surface area contributed by atoms with E-state index < -0.39 is 32.5 Å². The number of allylic oxidation sites excluding steroid dienone is 20. The van der Waals surface area contributed by atoms with Crippen molar-refractivity contribution >= 4 is 19.8 Å². The third kappa shape index (κ3) is 55.7. The number of quaternary nitrogens is 1. The van der Waals surface area contributed by atoms with Crippen molar-refractivity contribution in [3.05, 3.63) is 122 Å². The molecular formula is C62H104NO8P. The van der Waals surface area contributed by atoms with Crippen LogP contribution in [0.3, 0.4) is 0 Å². The fourth-order valence-corrected chi connectivity index (χ4v) is 7.84. The third-order valence-electron chi connectivity index (χ3n) is 11.5. The second kappa shape index (κ2) is 52.3. The third-order valence-corrected chi connectivity index (χ3v) is 12.4. The van der Waals surface area contributed by atoms with Gasteiger partial charge in [-0.05, 0) is 109 Å². The van der Waals surface area contributed by atoms with E-state index in [9.17, 15) is 19.0 Å². The van der Waals surface area contributed by atoms with Crippen molar-refractivity contribution in [2.75, 3.05) is 47.5 Å². The van der Waals surface area contributed by atoms with Crippen LogP contribution >= 0.6 is 7.82 Å². The minimum atomic E-state index is -4.64. The number of ether oxygens (including phenoxy) is 2. The number of carbonyl (C=O) groups excluding carboxylic acids is 2. The van der Waals surface area contributed by atoms with Crippen molar-refractivity contribution < 1.29 is 42.1 Å². The molecule has 2 unspecified atom stereocenters. The summed E-state index contributed by atoms with van der Waals surface area (Å²) in [6.07, 6.45) is 73.9. The molecule has 0 amide bonds. The SMILES string of the molecule is CC/C=C\C/C=C\C/C=C\C/C=C\C/C=C\C/C=C\C/C=C\C/C=C\C/C=C\CCCCCCCCCC(=O)OC(COC(=O)CCCCCCC/C=C\CCCCCC)COP(=O)([O-])OCC[N+](C)(C)C. The molecule has 9 nitrogen and oxygen atoms in total. The fraction of sp³-hybridized carbons (Fsp3) is 0.645. The highest BCUT2D eigenvalue weighted by atomic mass is 31.2. The number of carbonyl (C=O) groups is 2. The number of esters is 2. The topological polar surface area (TPSA) is 111 Å². The van der Waals surface area contributed by atoms with E-state index in [2.05, 4.69) is 135 Å². The first-order valence-corrected chi connectivity index (χ1v) is 29.7. The molecule has 10 heteroatoms. The van der Waals surface area contributed by atoms with E-state index in [1.807, 2.05) is 21.1 Å².